The predicted octanol–water partition coefficient (Wildman–Crippen LogP) is 5.42. The Morgan fingerprint density at radius 1 is 1.03 bits per heavy atom. The second kappa shape index (κ2) is 9.85. The maximum atomic E-state index is 11.7. The molecule has 7 atom stereocenters. The SMILES string of the molecule is CC(=O)OCC1CC(OC(C)=O)CCC1(C)C1CCC2(C)C(c3ccccc3)=CCC2C1CO. The third-order valence-corrected chi connectivity index (χ3v) is 9.47. The fourth-order valence-electron chi connectivity index (χ4n) is 7.68. The zero-order valence-electron chi connectivity index (χ0n) is 21.1. The van der Waals surface area contributed by atoms with Gasteiger partial charge in [0.25, 0.3) is 0 Å². The fourth-order valence-corrected chi connectivity index (χ4v) is 7.68. The van der Waals surface area contributed by atoms with E-state index in [1.165, 1.54) is 25.0 Å². The number of carbonyl (C=O) groups excluding carboxylic acids is 2. The standard InChI is InChI=1S/C29H40O5/c1-19(31)33-18-22-16-23(34-20(2)32)12-14-28(22,3)27-13-15-29(4)25(21-8-6-5-7-9-21)10-11-26(29)24(27)17-30/h5-10,22-24,26-27,30H,11-18H2,1-4H3. The average molecular weight is 469 g/mol. The summed E-state index contributed by atoms with van der Waals surface area (Å²) in [5.74, 6) is 0.473. The van der Waals surface area contributed by atoms with Crippen molar-refractivity contribution in [2.24, 2.45) is 34.5 Å². The van der Waals surface area contributed by atoms with Crippen molar-refractivity contribution in [2.45, 2.75) is 72.3 Å². The Balaban J connectivity index is 1.59. The highest BCUT2D eigenvalue weighted by molar-refractivity contribution is 5.73. The molecule has 5 nitrogen and oxygen atoms in total. The summed E-state index contributed by atoms with van der Waals surface area (Å²) in [5.41, 5.74) is 2.69. The molecular weight excluding hydrogens is 428 g/mol. The van der Waals surface area contributed by atoms with E-state index in [0.29, 0.717) is 24.9 Å². The van der Waals surface area contributed by atoms with Crippen molar-refractivity contribution < 1.29 is 24.2 Å². The Labute approximate surface area is 203 Å². The van der Waals surface area contributed by atoms with Crippen molar-refractivity contribution in [3.8, 4) is 0 Å². The van der Waals surface area contributed by atoms with E-state index in [4.69, 9.17) is 9.47 Å². The Bertz CT molecular complexity index is 924. The smallest absolute Gasteiger partial charge is 0.302 e. The number of allylic oxidation sites excluding steroid dienone is 2. The highest BCUT2D eigenvalue weighted by Crippen LogP contribution is 2.64. The number of hydrogen-bond acceptors (Lipinski definition) is 5. The Morgan fingerprint density at radius 2 is 1.76 bits per heavy atom. The molecule has 0 amide bonds. The van der Waals surface area contributed by atoms with E-state index in [-0.39, 0.29) is 47.3 Å². The second-order valence-electron chi connectivity index (χ2n) is 11.2. The van der Waals surface area contributed by atoms with Crippen LogP contribution in [0.15, 0.2) is 36.4 Å². The van der Waals surface area contributed by atoms with Gasteiger partial charge in [0.05, 0.1) is 6.61 Å². The molecule has 0 saturated heterocycles. The van der Waals surface area contributed by atoms with E-state index in [2.05, 4.69) is 50.3 Å². The summed E-state index contributed by atoms with van der Waals surface area (Å²) in [6.45, 7) is 8.12. The first-order valence-electron chi connectivity index (χ1n) is 12.9. The van der Waals surface area contributed by atoms with Crippen LogP contribution in [0.5, 0.6) is 0 Å². The number of rotatable bonds is 6. The maximum Gasteiger partial charge on any atom is 0.302 e. The summed E-state index contributed by atoms with van der Waals surface area (Å²) in [6, 6.07) is 10.7. The molecule has 2 saturated carbocycles. The molecule has 7 unspecified atom stereocenters. The van der Waals surface area contributed by atoms with Crippen LogP contribution >= 0.6 is 0 Å². The first-order chi connectivity index (χ1) is 16.2. The minimum absolute atomic E-state index is 0.0575. The van der Waals surface area contributed by atoms with Crippen LogP contribution in [0.2, 0.25) is 0 Å². The number of ether oxygens (including phenoxy) is 2. The van der Waals surface area contributed by atoms with E-state index in [9.17, 15) is 14.7 Å². The van der Waals surface area contributed by atoms with Gasteiger partial charge in [-0.2, -0.15) is 0 Å². The number of aliphatic hydroxyl groups excluding tert-OH is 1. The van der Waals surface area contributed by atoms with Gasteiger partial charge in [0.2, 0.25) is 0 Å². The lowest BCUT2D eigenvalue weighted by molar-refractivity contribution is -0.162. The molecule has 1 aromatic carbocycles. The highest BCUT2D eigenvalue weighted by Gasteiger charge is 2.57. The van der Waals surface area contributed by atoms with Crippen LogP contribution < -0.4 is 0 Å². The summed E-state index contributed by atoms with van der Waals surface area (Å²) in [7, 11) is 0. The van der Waals surface area contributed by atoms with Gasteiger partial charge in [0.15, 0.2) is 0 Å². The molecule has 0 aliphatic heterocycles. The quantitative estimate of drug-likeness (QED) is 0.565. The topological polar surface area (TPSA) is 72.8 Å². The minimum atomic E-state index is -0.278. The molecule has 0 aromatic heterocycles. The first kappa shape index (κ1) is 25.0. The second-order valence-corrected chi connectivity index (χ2v) is 11.2. The van der Waals surface area contributed by atoms with Crippen molar-refractivity contribution in [1.29, 1.82) is 0 Å². The number of esters is 2. The number of fused-ring (bicyclic) bond motifs is 1. The molecule has 34 heavy (non-hydrogen) atoms. The van der Waals surface area contributed by atoms with E-state index in [1.54, 1.807) is 0 Å². The Morgan fingerprint density at radius 3 is 2.41 bits per heavy atom. The van der Waals surface area contributed by atoms with Gasteiger partial charge in [-0.1, -0.05) is 50.3 Å². The number of hydrogen-bond donors (Lipinski definition) is 1. The zero-order valence-corrected chi connectivity index (χ0v) is 21.1. The van der Waals surface area contributed by atoms with Crippen LogP contribution in [0.1, 0.15) is 71.8 Å². The summed E-state index contributed by atoms with van der Waals surface area (Å²) in [4.78, 5) is 23.3. The van der Waals surface area contributed by atoms with Gasteiger partial charge in [-0.3, -0.25) is 9.59 Å². The summed E-state index contributed by atoms with van der Waals surface area (Å²) in [5, 5.41) is 10.7. The van der Waals surface area contributed by atoms with Gasteiger partial charge in [0, 0.05) is 26.4 Å². The van der Waals surface area contributed by atoms with Gasteiger partial charge < -0.3 is 14.6 Å². The summed E-state index contributed by atoms with van der Waals surface area (Å²) >= 11 is 0. The van der Waals surface area contributed by atoms with Crippen LogP contribution in [0.25, 0.3) is 5.57 Å². The molecule has 0 bridgehead atoms. The Kier molecular flexibility index (Phi) is 7.23. The van der Waals surface area contributed by atoms with Gasteiger partial charge in [0.1, 0.15) is 6.10 Å². The van der Waals surface area contributed by atoms with Gasteiger partial charge in [-0.25, -0.2) is 0 Å². The van der Waals surface area contributed by atoms with E-state index >= 15 is 0 Å². The largest absolute Gasteiger partial charge is 0.466 e. The van der Waals surface area contributed by atoms with Gasteiger partial charge in [-0.15, -0.1) is 0 Å². The van der Waals surface area contributed by atoms with E-state index < -0.39 is 0 Å². The third-order valence-electron chi connectivity index (χ3n) is 9.47. The van der Waals surface area contributed by atoms with Crippen LogP contribution in [-0.4, -0.2) is 36.4 Å². The first-order valence-corrected chi connectivity index (χ1v) is 12.9. The molecule has 3 aliphatic rings. The molecule has 1 aromatic rings. The average Bonchev–Trinajstić information content (AvgIpc) is 3.16. The van der Waals surface area contributed by atoms with E-state index in [0.717, 1.165) is 32.1 Å². The lowest BCUT2D eigenvalue weighted by Gasteiger charge is -2.56. The van der Waals surface area contributed by atoms with Crippen molar-refractivity contribution in [3.63, 3.8) is 0 Å². The van der Waals surface area contributed by atoms with Crippen LogP contribution in [0.4, 0.5) is 0 Å². The third kappa shape index (κ3) is 4.56. The van der Waals surface area contributed by atoms with Gasteiger partial charge in [-0.05, 0) is 78.2 Å². The van der Waals surface area contributed by atoms with Crippen LogP contribution in [0, 0.1) is 34.5 Å². The number of aliphatic hydroxyl groups is 1. The summed E-state index contributed by atoms with van der Waals surface area (Å²) < 4.78 is 11.1. The Hall–Kier alpha value is -2.14. The van der Waals surface area contributed by atoms with Crippen LogP contribution in [-0.2, 0) is 19.1 Å². The van der Waals surface area contributed by atoms with Gasteiger partial charge >= 0.3 is 11.9 Å². The predicted molar refractivity (Wildman–Crippen MR) is 132 cm³/mol. The van der Waals surface area contributed by atoms with Crippen molar-refractivity contribution in [3.05, 3.63) is 42.0 Å². The minimum Gasteiger partial charge on any atom is -0.466 e. The molecule has 4 rings (SSSR count). The lowest BCUT2D eigenvalue weighted by Crippen LogP contribution is -2.52. The normalized spacial score (nSPS) is 37.4. The van der Waals surface area contributed by atoms with Crippen LogP contribution in [0.3, 0.4) is 0 Å². The molecule has 2 fully saturated rings. The lowest BCUT2D eigenvalue weighted by atomic mass is 9.49. The van der Waals surface area contributed by atoms with Crippen molar-refractivity contribution >= 4 is 17.5 Å². The highest BCUT2D eigenvalue weighted by atomic mass is 16.5. The molecule has 186 valence electrons. The molecule has 0 spiro atoms. The molecule has 0 heterocycles. The molecule has 0 radical (unpaired) electrons. The maximum absolute atomic E-state index is 11.7. The summed E-state index contributed by atoms with van der Waals surface area (Å²) in [6.07, 6.45) is 7.80. The fraction of sp³-hybridized carbons (Fsp3) is 0.655. The molecule has 3 aliphatic carbocycles. The molecule has 5 heteroatoms. The monoisotopic (exact) mass is 468 g/mol. The number of benzene rings is 1. The number of carbonyl (C=O) groups is 2. The van der Waals surface area contributed by atoms with Crippen molar-refractivity contribution in [1.82, 2.24) is 0 Å². The molecule has 1 N–H and O–H groups in total. The molecular formula is C29H40O5. The van der Waals surface area contributed by atoms with Crippen molar-refractivity contribution in [2.75, 3.05) is 13.2 Å². The zero-order chi connectivity index (χ0) is 24.5. The van der Waals surface area contributed by atoms with E-state index in [1.807, 2.05) is 0 Å².